The van der Waals surface area contributed by atoms with Gasteiger partial charge in [-0.3, -0.25) is 4.40 Å². The van der Waals surface area contributed by atoms with Crippen molar-refractivity contribution < 1.29 is 13.2 Å². The molecule has 2 aromatic carbocycles. The van der Waals surface area contributed by atoms with Crippen LogP contribution in [0, 0.1) is 0 Å². The van der Waals surface area contributed by atoms with Gasteiger partial charge in [-0.15, -0.1) is 0 Å². The zero-order chi connectivity index (χ0) is 24.9. The van der Waals surface area contributed by atoms with Crippen molar-refractivity contribution in [3.8, 4) is 22.4 Å². The molecule has 0 N–H and O–H groups in total. The van der Waals surface area contributed by atoms with Gasteiger partial charge in [-0.2, -0.15) is 13.2 Å². The minimum Gasteiger partial charge on any atom is -0.369 e. The number of imidazole rings is 1. The molecule has 8 heteroatoms. The number of nitrogens with zero attached hydrogens (tertiary/aromatic N) is 5. The van der Waals surface area contributed by atoms with Crippen molar-refractivity contribution in [2.24, 2.45) is 0 Å². The molecule has 1 aliphatic rings. The molecule has 4 heterocycles. The number of anilines is 1. The first kappa shape index (κ1) is 22.5. The van der Waals surface area contributed by atoms with Crippen molar-refractivity contribution in [1.82, 2.24) is 19.3 Å². The van der Waals surface area contributed by atoms with E-state index in [4.69, 9.17) is 0 Å². The molecule has 0 bridgehead atoms. The highest BCUT2D eigenvalue weighted by Crippen LogP contribution is 2.36. The van der Waals surface area contributed by atoms with Crippen LogP contribution in [-0.4, -0.2) is 52.5 Å². The van der Waals surface area contributed by atoms with Crippen LogP contribution >= 0.6 is 0 Å². The molecular weight excluding hydrogens is 463 g/mol. The van der Waals surface area contributed by atoms with E-state index in [1.807, 2.05) is 22.7 Å². The first-order chi connectivity index (χ1) is 17.4. The molecule has 1 saturated heterocycles. The van der Waals surface area contributed by atoms with Crippen LogP contribution < -0.4 is 4.90 Å². The summed E-state index contributed by atoms with van der Waals surface area (Å²) in [5, 5.41) is 0.649. The molecule has 36 heavy (non-hydrogen) atoms. The van der Waals surface area contributed by atoms with E-state index in [1.54, 1.807) is 30.5 Å². The molecule has 0 spiro atoms. The van der Waals surface area contributed by atoms with Crippen molar-refractivity contribution in [2.45, 2.75) is 6.18 Å². The molecule has 5 nitrogen and oxygen atoms in total. The Labute approximate surface area is 206 Å². The number of halogens is 3. The first-order valence-electron chi connectivity index (χ1n) is 11.9. The second kappa shape index (κ2) is 8.64. The van der Waals surface area contributed by atoms with Crippen LogP contribution in [0.25, 0.3) is 38.9 Å². The number of pyridine rings is 2. The van der Waals surface area contributed by atoms with Crippen LogP contribution in [0.15, 0.2) is 79.1 Å². The number of hydrogen-bond acceptors (Lipinski definition) is 4. The fourth-order valence-electron chi connectivity index (χ4n) is 4.82. The maximum atomic E-state index is 13.6. The summed E-state index contributed by atoms with van der Waals surface area (Å²) in [6, 6.07) is 20.4. The van der Waals surface area contributed by atoms with Crippen molar-refractivity contribution in [2.75, 3.05) is 38.1 Å². The number of benzene rings is 2. The normalized spacial score (nSPS) is 15.2. The fraction of sp³-hybridized carbons (Fsp3) is 0.214. The zero-order valence-corrected chi connectivity index (χ0v) is 19.7. The Hall–Kier alpha value is -3.91. The Bertz CT molecular complexity index is 1550. The summed E-state index contributed by atoms with van der Waals surface area (Å²) >= 11 is 0. The predicted octanol–water partition coefficient (Wildman–Crippen LogP) is 5.99. The van der Waals surface area contributed by atoms with Crippen LogP contribution in [-0.2, 0) is 6.18 Å². The number of likely N-dealkylation sites (N-methyl/N-ethyl adjacent to an activating group) is 1. The zero-order valence-electron chi connectivity index (χ0n) is 19.7. The third-order valence-corrected chi connectivity index (χ3v) is 6.86. The molecule has 6 rings (SSSR count). The predicted molar refractivity (Wildman–Crippen MR) is 136 cm³/mol. The van der Waals surface area contributed by atoms with Crippen LogP contribution in [0.5, 0.6) is 0 Å². The van der Waals surface area contributed by atoms with Crippen LogP contribution in [0.3, 0.4) is 0 Å². The number of alkyl halides is 3. The molecule has 0 radical (unpaired) electrons. The molecule has 3 aromatic heterocycles. The van der Waals surface area contributed by atoms with Gasteiger partial charge in [-0.1, -0.05) is 30.3 Å². The lowest BCUT2D eigenvalue weighted by molar-refractivity contribution is -0.140. The molecular formula is C28H24F3N5. The topological polar surface area (TPSA) is 36.7 Å². The van der Waals surface area contributed by atoms with E-state index >= 15 is 0 Å². The van der Waals surface area contributed by atoms with Gasteiger partial charge in [0.05, 0.1) is 17.4 Å². The summed E-state index contributed by atoms with van der Waals surface area (Å²) in [4.78, 5) is 13.1. The van der Waals surface area contributed by atoms with Crippen molar-refractivity contribution >= 4 is 22.2 Å². The van der Waals surface area contributed by atoms with Crippen LogP contribution in [0.1, 0.15) is 5.69 Å². The Morgan fingerprint density at radius 3 is 2.33 bits per heavy atom. The number of fused-ring (bicyclic) bond motifs is 2. The molecule has 182 valence electrons. The number of aromatic nitrogens is 3. The van der Waals surface area contributed by atoms with Gasteiger partial charge in [0, 0.05) is 49.0 Å². The highest BCUT2D eigenvalue weighted by Gasteiger charge is 2.33. The Morgan fingerprint density at radius 2 is 1.58 bits per heavy atom. The van der Waals surface area contributed by atoms with E-state index in [0.29, 0.717) is 27.8 Å². The lowest BCUT2D eigenvalue weighted by Crippen LogP contribution is -2.44. The van der Waals surface area contributed by atoms with Gasteiger partial charge in [0.15, 0.2) is 0 Å². The highest BCUT2D eigenvalue weighted by atomic mass is 19.4. The summed E-state index contributed by atoms with van der Waals surface area (Å²) < 4.78 is 42.5. The van der Waals surface area contributed by atoms with Crippen molar-refractivity contribution in [1.29, 1.82) is 0 Å². The average Bonchev–Trinajstić information content (AvgIpc) is 3.31. The van der Waals surface area contributed by atoms with Crippen LogP contribution in [0.4, 0.5) is 18.9 Å². The van der Waals surface area contributed by atoms with E-state index in [1.165, 1.54) is 5.69 Å². The molecule has 0 saturated carbocycles. The fourth-order valence-corrected chi connectivity index (χ4v) is 4.82. The number of para-hydroxylation sites is 1. The van der Waals surface area contributed by atoms with Gasteiger partial charge in [0.2, 0.25) is 0 Å². The second-order valence-corrected chi connectivity index (χ2v) is 9.19. The van der Waals surface area contributed by atoms with Gasteiger partial charge in [-0.25, -0.2) is 9.97 Å². The van der Waals surface area contributed by atoms with Gasteiger partial charge in [-0.05, 0) is 54.6 Å². The smallest absolute Gasteiger partial charge is 0.369 e. The van der Waals surface area contributed by atoms with Gasteiger partial charge in [0.25, 0.3) is 0 Å². The number of piperazine rings is 1. The SMILES string of the molecule is CN1CCN(c2ccc(-c3ccn4c(-c5cc(C(F)(F)F)nc6ccccc56)cnc4c3)cc2)CC1. The summed E-state index contributed by atoms with van der Waals surface area (Å²) in [7, 11) is 2.14. The lowest BCUT2D eigenvalue weighted by Gasteiger charge is -2.34. The Morgan fingerprint density at radius 1 is 0.833 bits per heavy atom. The van der Waals surface area contributed by atoms with E-state index in [0.717, 1.165) is 43.4 Å². The summed E-state index contributed by atoms with van der Waals surface area (Å²) in [5.41, 5.74) is 4.36. The van der Waals surface area contributed by atoms with E-state index in [9.17, 15) is 13.2 Å². The van der Waals surface area contributed by atoms with Crippen LogP contribution in [0.2, 0.25) is 0 Å². The third-order valence-electron chi connectivity index (χ3n) is 6.86. The van der Waals surface area contributed by atoms with Gasteiger partial charge in [0.1, 0.15) is 11.3 Å². The Balaban J connectivity index is 1.36. The number of hydrogen-bond donors (Lipinski definition) is 0. The Kier molecular flexibility index (Phi) is 5.41. The second-order valence-electron chi connectivity index (χ2n) is 9.19. The van der Waals surface area contributed by atoms with Gasteiger partial charge >= 0.3 is 6.18 Å². The monoisotopic (exact) mass is 487 g/mol. The number of rotatable bonds is 3. The maximum absolute atomic E-state index is 13.6. The summed E-state index contributed by atoms with van der Waals surface area (Å²) in [6.45, 7) is 4.13. The standard InChI is InChI=1S/C28H24F3N5/c1-34-12-14-35(15-13-34)21-8-6-19(7-9-21)20-10-11-36-25(18-32-27(36)16-20)23-17-26(28(29,30)31)33-24-5-3-2-4-22(23)24/h2-11,16-18H,12-15H2,1H3. The first-order valence-corrected chi connectivity index (χ1v) is 11.9. The maximum Gasteiger partial charge on any atom is 0.433 e. The average molecular weight is 488 g/mol. The van der Waals surface area contributed by atoms with Crippen molar-refractivity contribution in [3.63, 3.8) is 0 Å². The minimum absolute atomic E-state index is 0.300. The largest absolute Gasteiger partial charge is 0.433 e. The molecule has 1 fully saturated rings. The molecule has 0 amide bonds. The lowest BCUT2D eigenvalue weighted by atomic mass is 10.0. The van der Waals surface area contributed by atoms with E-state index in [-0.39, 0.29) is 0 Å². The van der Waals surface area contributed by atoms with E-state index < -0.39 is 11.9 Å². The summed E-state index contributed by atoms with van der Waals surface area (Å²) in [5.74, 6) is 0. The third kappa shape index (κ3) is 4.07. The molecule has 1 aliphatic heterocycles. The highest BCUT2D eigenvalue weighted by molar-refractivity contribution is 5.94. The molecule has 5 aromatic rings. The minimum atomic E-state index is -4.54. The van der Waals surface area contributed by atoms with E-state index in [2.05, 4.69) is 51.1 Å². The quantitative estimate of drug-likeness (QED) is 0.313. The van der Waals surface area contributed by atoms with Gasteiger partial charge < -0.3 is 9.80 Å². The van der Waals surface area contributed by atoms with Crippen molar-refractivity contribution in [3.05, 3.63) is 84.8 Å². The molecule has 0 unspecified atom stereocenters. The summed E-state index contributed by atoms with van der Waals surface area (Å²) in [6.07, 6.45) is -1.05. The molecule has 0 aliphatic carbocycles. The molecule has 0 atom stereocenters.